The molecule has 0 aliphatic heterocycles. The molecule has 0 bridgehead atoms. The summed E-state index contributed by atoms with van der Waals surface area (Å²) in [5, 5.41) is 7.52. The van der Waals surface area contributed by atoms with E-state index < -0.39 is 0 Å². The summed E-state index contributed by atoms with van der Waals surface area (Å²) in [6, 6.07) is 0.104. The average molecular weight is 220 g/mol. The van der Waals surface area contributed by atoms with Gasteiger partial charge in [-0.25, -0.2) is 4.98 Å². The van der Waals surface area contributed by atoms with Crippen LogP contribution in [-0.4, -0.2) is 19.7 Å². The summed E-state index contributed by atoms with van der Waals surface area (Å²) >= 11 is 0. The second kappa shape index (κ2) is 4.26. The summed E-state index contributed by atoms with van der Waals surface area (Å²) in [5.41, 5.74) is 6.47. The molecule has 0 aromatic carbocycles. The third kappa shape index (κ3) is 2.00. The maximum absolute atomic E-state index is 5.82. The van der Waals surface area contributed by atoms with Crippen molar-refractivity contribution in [3.05, 3.63) is 24.4 Å². The van der Waals surface area contributed by atoms with Crippen LogP contribution >= 0.6 is 0 Å². The molecule has 0 fully saturated rings. The number of anilines is 2. The number of aryl methyl sites for hydroxylation is 1. The van der Waals surface area contributed by atoms with Crippen LogP contribution in [0.25, 0.3) is 0 Å². The number of nitrogens with one attached hydrogen (secondary N) is 2. The minimum Gasteiger partial charge on any atom is -0.394 e. The number of hydrogen-bond donors (Lipinski definition) is 3. The van der Waals surface area contributed by atoms with Gasteiger partial charge in [0.15, 0.2) is 5.82 Å². The molecule has 1 unspecified atom stereocenters. The lowest BCUT2D eigenvalue weighted by Crippen LogP contribution is -2.12. The van der Waals surface area contributed by atoms with Crippen LogP contribution < -0.4 is 11.1 Å². The molecule has 2 aromatic heterocycles. The third-order valence-corrected chi connectivity index (χ3v) is 2.43. The predicted molar refractivity (Wildman–Crippen MR) is 62.9 cm³/mol. The Morgan fingerprint density at radius 3 is 2.94 bits per heavy atom. The first-order chi connectivity index (χ1) is 7.70. The van der Waals surface area contributed by atoms with Gasteiger partial charge in [-0.1, -0.05) is 6.92 Å². The number of rotatable bonds is 4. The molecule has 86 valence electrons. The van der Waals surface area contributed by atoms with Crippen LogP contribution in [0.1, 0.15) is 25.2 Å². The number of nitrogens with zero attached hydrogens (tertiary/aromatic N) is 3. The molecule has 0 aliphatic carbocycles. The number of H-pyrrole nitrogens is 1. The second-order valence-corrected chi connectivity index (χ2v) is 3.69. The van der Waals surface area contributed by atoms with Gasteiger partial charge in [-0.15, -0.1) is 0 Å². The first-order valence-corrected chi connectivity index (χ1v) is 5.25. The van der Waals surface area contributed by atoms with Crippen molar-refractivity contribution in [1.29, 1.82) is 0 Å². The molecule has 2 heterocycles. The van der Waals surface area contributed by atoms with Gasteiger partial charge in [-0.05, 0) is 6.42 Å². The molecule has 2 rings (SSSR count). The highest BCUT2D eigenvalue weighted by molar-refractivity contribution is 5.60. The Hall–Kier alpha value is -1.98. The van der Waals surface area contributed by atoms with Gasteiger partial charge in [0.1, 0.15) is 5.82 Å². The molecule has 0 aliphatic rings. The zero-order valence-corrected chi connectivity index (χ0v) is 9.44. The van der Waals surface area contributed by atoms with E-state index in [2.05, 4.69) is 27.3 Å². The van der Waals surface area contributed by atoms with Gasteiger partial charge < -0.3 is 16.0 Å². The van der Waals surface area contributed by atoms with Crippen LogP contribution in [0, 0.1) is 0 Å². The summed E-state index contributed by atoms with van der Waals surface area (Å²) in [4.78, 5) is 7.31. The van der Waals surface area contributed by atoms with E-state index in [-0.39, 0.29) is 6.04 Å². The van der Waals surface area contributed by atoms with Gasteiger partial charge >= 0.3 is 0 Å². The van der Waals surface area contributed by atoms with Crippen LogP contribution in [0.5, 0.6) is 0 Å². The van der Waals surface area contributed by atoms with E-state index in [9.17, 15) is 0 Å². The van der Waals surface area contributed by atoms with E-state index in [1.54, 1.807) is 23.3 Å². The lowest BCUT2D eigenvalue weighted by atomic mass is 10.2. The maximum atomic E-state index is 5.82. The van der Waals surface area contributed by atoms with Gasteiger partial charge in [-0.2, -0.15) is 5.10 Å². The Morgan fingerprint density at radius 1 is 1.62 bits per heavy atom. The number of nitrogen functional groups attached to an aromatic ring is 1. The van der Waals surface area contributed by atoms with Gasteiger partial charge in [0.25, 0.3) is 0 Å². The van der Waals surface area contributed by atoms with Crippen LogP contribution in [0.3, 0.4) is 0 Å². The van der Waals surface area contributed by atoms with E-state index in [1.165, 1.54) is 0 Å². The maximum Gasteiger partial charge on any atom is 0.171 e. The molecule has 2 aromatic rings. The SMILES string of the molecule is CCC(Nc1nn(C)cc1N)c1ncc[nH]1. The summed E-state index contributed by atoms with van der Waals surface area (Å²) in [6.45, 7) is 2.08. The fourth-order valence-corrected chi connectivity index (χ4v) is 1.62. The molecular weight excluding hydrogens is 204 g/mol. The van der Waals surface area contributed by atoms with Crippen molar-refractivity contribution < 1.29 is 0 Å². The Morgan fingerprint density at radius 2 is 2.44 bits per heavy atom. The molecule has 6 nitrogen and oxygen atoms in total. The van der Waals surface area contributed by atoms with E-state index in [4.69, 9.17) is 5.73 Å². The Bertz CT molecular complexity index is 444. The molecule has 0 saturated carbocycles. The van der Waals surface area contributed by atoms with E-state index >= 15 is 0 Å². The van der Waals surface area contributed by atoms with Crippen LogP contribution in [0.4, 0.5) is 11.5 Å². The molecule has 0 spiro atoms. The van der Waals surface area contributed by atoms with Crippen molar-refractivity contribution >= 4 is 11.5 Å². The highest BCUT2D eigenvalue weighted by Gasteiger charge is 2.14. The molecule has 4 N–H and O–H groups in total. The Kier molecular flexibility index (Phi) is 2.80. The quantitative estimate of drug-likeness (QED) is 0.724. The fraction of sp³-hybridized carbons (Fsp3) is 0.400. The van der Waals surface area contributed by atoms with Crippen molar-refractivity contribution in [3.8, 4) is 0 Å². The summed E-state index contributed by atoms with van der Waals surface area (Å²) in [7, 11) is 1.84. The lowest BCUT2D eigenvalue weighted by Gasteiger charge is -2.14. The van der Waals surface area contributed by atoms with Crippen molar-refractivity contribution in [2.75, 3.05) is 11.1 Å². The highest BCUT2D eigenvalue weighted by Crippen LogP contribution is 2.22. The Balaban J connectivity index is 2.16. The second-order valence-electron chi connectivity index (χ2n) is 3.69. The minimum atomic E-state index is 0.104. The van der Waals surface area contributed by atoms with Crippen LogP contribution in [0.15, 0.2) is 18.6 Å². The van der Waals surface area contributed by atoms with Crippen molar-refractivity contribution in [2.45, 2.75) is 19.4 Å². The number of aromatic nitrogens is 4. The molecule has 16 heavy (non-hydrogen) atoms. The van der Waals surface area contributed by atoms with Crippen LogP contribution in [0.2, 0.25) is 0 Å². The summed E-state index contributed by atoms with van der Waals surface area (Å²) in [5.74, 6) is 1.60. The summed E-state index contributed by atoms with van der Waals surface area (Å²) in [6.07, 6.45) is 6.23. The highest BCUT2D eigenvalue weighted by atomic mass is 15.3. The molecule has 6 heteroatoms. The first kappa shape index (κ1) is 10.5. The number of hydrogen-bond acceptors (Lipinski definition) is 4. The average Bonchev–Trinajstić information content (AvgIpc) is 2.85. The van der Waals surface area contributed by atoms with E-state index in [0.717, 1.165) is 12.2 Å². The third-order valence-electron chi connectivity index (χ3n) is 2.43. The normalized spacial score (nSPS) is 12.6. The molecule has 0 radical (unpaired) electrons. The minimum absolute atomic E-state index is 0.104. The van der Waals surface area contributed by atoms with Gasteiger partial charge in [-0.3, -0.25) is 4.68 Å². The van der Waals surface area contributed by atoms with Crippen molar-refractivity contribution in [1.82, 2.24) is 19.7 Å². The number of imidazole rings is 1. The number of nitrogens with two attached hydrogens (primary N) is 1. The predicted octanol–water partition coefficient (Wildman–Crippen LogP) is 1.29. The molecule has 0 amide bonds. The fourth-order valence-electron chi connectivity index (χ4n) is 1.62. The zero-order valence-electron chi connectivity index (χ0n) is 9.44. The van der Waals surface area contributed by atoms with Crippen molar-refractivity contribution in [2.24, 2.45) is 7.05 Å². The van der Waals surface area contributed by atoms with Gasteiger partial charge in [0, 0.05) is 25.6 Å². The monoisotopic (exact) mass is 220 g/mol. The standard InChI is InChI=1S/C10H16N6/c1-3-8(10-12-4-5-13-10)14-9-7(11)6-16(2)15-9/h4-6,8H,3,11H2,1-2H3,(H,12,13)(H,14,15). The van der Waals surface area contributed by atoms with Gasteiger partial charge in [0.05, 0.1) is 11.7 Å². The van der Waals surface area contributed by atoms with E-state index in [0.29, 0.717) is 11.5 Å². The molecular formula is C10H16N6. The smallest absolute Gasteiger partial charge is 0.171 e. The number of aromatic amines is 1. The Labute approximate surface area is 93.9 Å². The van der Waals surface area contributed by atoms with Crippen LogP contribution in [-0.2, 0) is 7.05 Å². The van der Waals surface area contributed by atoms with Crippen molar-refractivity contribution in [3.63, 3.8) is 0 Å². The topological polar surface area (TPSA) is 84.6 Å². The lowest BCUT2D eigenvalue weighted by molar-refractivity contribution is 0.691. The molecule has 1 atom stereocenters. The first-order valence-electron chi connectivity index (χ1n) is 5.25. The summed E-state index contributed by atoms with van der Waals surface area (Å²) < 4.78 is 1.69. The van der Waals surface area contributed by atoms with E-state index in [1.807, 2.05) is 7.05 Å². The largest absolute Gasteiger partial charge is 0.394 e. The van der Waals surface area contributed by atoms with Gasteiger partial charge in [0.2, 0.25) is 0 Å². The molecule has 0 saturated heterocycles. The zero-order chi connectivity index (χ0) is 11.5.